The van der Waals surface area contributed by atoms with Crippen LogP contribution in [0.5, 0.6) is 0 Å². The third-order valence-electron chi connectivity index (χ3n) is 3.80. The number of benzene rings is 1. The summed E-state index contributed by atoms with van der Waals surface area (Å²) in [4.78, 5) is 14.2. The summed E-state index contributed by atoms with van der Waals surface area (Å²) in [5.74, 6) is -0.327. The van der Waals surface area contributed by atoms with E-state index in [9.17, 15) is 9.18 Å². The number of carbonyl (C=O) groups is 1. The fraction of sp³-hybridized carbons (Fsp3) is 0.533. The van der Waals surface area contributed by atoms with Crippen LogP contribution in [0.2, 0.25) is 0 Å². The van der Waals surface area contributed by atoms with E-state index in [1.54, 1.807) is 6.07 Å². The number of urea groups is 1. The molecule has 0 spiro atoms. The molecule has 0 saturated carbocycles. The van der Waals surface area contributed by atoms with Crippen molar-refractivity contribution in [2.24, 2.45) is 0 Å². The molecule has 1 aromatic carbocycles. The van der Waals surface area contributed by atoms with Crippen LogP contribution in [0.1, 0.15) is 38.2 Å². The first-order chi connectivity index (χ1) is 9.11. The lowest BCUT2D eigenvalue weighted by Crippen LogP contribution is -2.45. The first kappa shape index (κ1) is 13.8. The monoisotopic (exact) mass is 264 g/mol. The summed E-state index contributed by atoms with van der Waals surface area (Å²) in [5.41, 5.74) is 1.44. The second-order valence-corrected chi connectivity index (χ2v) is 5.14. The van der Waals surface area contributed by atoms with Gasteiger partial charge in [-0.05, 0) is 50.3 Å². The normalized spacial score (nSPS) is 19.3. The zero-order chi connectivity index (χ0) is 13.8. The van der Waals surface area contributed by atoms with Crippen LogP contribution in [0.15, 0.2) is 18.2 Å². The van der Waals surface area contributed by atoms with Gasteiger partial charge in [0.2, 0.25) is 0 Å². The molecular formula is C15H21FN2O. The first-order valence-corrected chi connectivity index (χ1v) is 6.95. The highest BCUT2D eigenvalue weighted by molar-refractivity contribution is 5.90. The van der Waals surface area contributed by atoms with Crippen LogP contribution in [0.4, 0.5) is 14.9 Å². The van der Waals surface area contributed by atoms with Gasteiger partial charge in [0.05, 0.1) is 0 Å². The van der Waals surface area contributed by atoms with Gasteiger partial charge in [-0.25, -0.2) is 9.18 Å². The second-order valence-electron chi connectivity index (χ2n) is 5.14. The van der Waals surface area contributed by atoms with Crippen molar-refractivity contribution >= 4 is 11.7 Å². The molecule has 0 aromatic heterocycles. The maximum atomic E-state index is 13.2. The lowest BCUT2D eigenvalue weighted by Gasteiger charge is -2.35. The number of amides is 2. The van der Waals surface area contributed by atoms with E-state index in [1.165, 1.54) is 18.6 Å². The molecule has 1 unspecified atom stereocenters. The van der Waals surface area contributed by atoms with Gasteiger partial charge in [-0.15, -0.1) is 0 Å². The summed E-state index contributed by atoms with van der Waals surface area (Å²) in [6.45, 7) is 4.75. The van der Waals surface area contributed by atoms with E-state index in [0.717, 1.165) is 31.4 Å². The third kappa shape index (κ3) is 3.25. The SMILES string of the molecule is CCC1CCCCN1C(=O)Nc1cc(F)ccc1C. The molecule has 1 saturated heterocycles. The number of anilines is 1. The number of likely N-dealkylation sites (tertiary alicyclic amines) is 1. The lowest BCUT2D eigenvalue weighted by molar-refractivity contribution is 0.160. The number of hydrogen-bond acceptors (Lipinski definition) is 1. The summed E-state index contributed by atoms with van der Waals surface area (Å²) in [6.07, 6.45) is 4.26. The van der Waals surface area contributed by atoms with Gasteiger partial charge in [-0.1, -0.05) is 13.0 Å². The molecule has 1 fully saturated rings. The Hall–Kier alpha value is -1.58. The van der Waals surface area contributed by atoms with Crippen molar-refractivity contribution in [3.8, 4) is 0 Å². The van der Waals surface area contributed by atoms with E-state index in [4.69, 9.17) is 0 Å². The van der Waals surface area contributed by atoms with Crippen molar-refractivity contribution in [2.75, 3.05) is 11.9 Å². The Morgan fingerprint density at radius 3 is 3.00 bits per heavy atom. The molecule has 0 bridgehead atoms. The summed E-state index contributed by atoms with van der Waals surface area (Å²) < 4.78 is 13.2. The molecule has 2 rings (SSSR count). The van der Waals surface area contributed by atoms with Gasteiger partial charge in [-0.3, -0.25) is 0 Å². The van der Waals surface area contributed by atoms with Gasteiger partial charge in [0.15, 0.2) is 0 Å². The zero-order valence-electron chi connectivity index (χ0n) is 11.6. The number of piperidine rings is 1. The predicted molar refractivity (Wildman–Crippen MR) is 74.8 cm³/mol. The number of rotatable bonds is 2. The Labute approximate surface area is 113 Å². The van der Waals surface area contributed by atoms with Crippen molar-refractivity contribution in [2.45, 2.75) is 45.6 Å². The van der Waals surface area contributed by atoms with Crippen LogP contribution in [0.25, 0.3) is 0 Å². The van der Waals surface area contributed by atoms with Gasteiger partial charge in [0, 0.05) is 18.3 Å². The number of hydrogen-bond donors (Lipinski definition) is 1. The van der Waals surface area contributed by atoms with Gasteiger partial charge in [0.25, 0.3) is 0 Å². The topological polar surface area (TPSA) is 32.3 Å². The molecule has 1 aliphatic rings. The predicted octanol–water partition coefficient (Wildman–Crippen LogP) is 3.93. The van der Waals surface area contributed by atoms with Crippen molar-refractivity contribution < 1.29 is 9.18 Å². The zero-order valence-corrected chi connectivity index (χ0v) is 11.6. The first-order valence-electron chi connectivity index (χ1n) is 6.95. The fourth-order valence-corrected chi connectivity index (χ4v) is 2.61. The molecule has 3 nitrogen and oxygen atoms in total. The maximum absolute atomic E-state index is 13.2. The highest BCUT2D eigenvalue weighted by Crippen LogP contribution is 2.22. The summed E-state index contributed by atoms with van der Waals surface area (Å²) in [5, 5.41) is 2.83. The molecule has 4 heteroatoms. The molecule has 2 amide bonds. The minimum Gasteiger partial charge on any atom is -0.322 e. The van der Waals surface area contributed by atoms with Crippen molar-refractivity contribution in [1.82, 2.24) is 4.90 Å². The standard InChI is InChI=1S/C15H21FN2O/c1-3-13-6-4-5-9-18(13)15(19)17-14-10-12(16)8-7-11(14)2/h7-8,10,13H,3-6,9H2,1-2H3,(H,17,19). The fourth-order valence-electron chi connectivity index (χ4n) is 2.61. The minimum atomic E-state index is -0.327. The van der Waals surface area contributed by atoms with Gasteiger partial charge in [-0.2, -0.15) is 0 Å². The van der Waals surface area contributed by atoms with Gasteiger partial charge >= 0.3 is 6.03 Å². The Kier molecular flexibility index (Phi) is 4.40. The summed E-state index contributed by atoms with van der Waals surface area (Å²) in [7, 11) is 0. The maximum Gasteiger partial charge on any atom is 0.322 e. The highest BCUT2D eigenvalue weighted by atomic mass is 19.1. The van der Waals surface area contributed by atoms with Crippen LogP contribution < -0.4 is 5.32 Å². The Morgan fingerprint density at radius 1 is 1.47 bits per heavy atom. The average molecular weight is 264 g/mol. The van der Waals surface area contributed by atoms with Crippen LogP contribution in [0.3, 0.4) is 0 Å². The van der Waals surface area contributed by atoms with Crippen LogP contribution in [-0.2, 0) is 0 Å². The highest BCUT2D eigenvalue weighted by Gasteiger charge is 2.25. The number of nitrogens with one attached hydrogen (secondary N) is 1. The number of halogens is 1. The van der Waals surface area contributed by atoms with Crippen molar-refractivity contribution in [3.05, 3.63) is 29.6 Å². The smallest absolute Gasteiger partial charge is 0.322 e. The molecule has 104 valence electrons. The minimum absolute atomic E-state index is 0.111. The van der Waals surface area contributed by atoms with E-state index in [1.807, 2.05) is 11.8 Å². The van der Waals surface area contributed by atoms with Crippen LogP contribution in [-0.4, -0.2) is 23.5 Å². The average Bonchev–Trinajstić information content (AvgIpc) is 2.42. The van der Waals surface area contributed by atoms with Crippen molar-refractivity contribution in [3.63, 3.8) is 0 Å². The molecule has 0 radical (unpaired) electrons. The lowest BCUT2D eigenvalue weighted by atomic mass is 10.0. The summed E-state index contributed by atoms with van der Waals surface area (Å²) >= 11 is 0. The molecule has 1 aromatic rings. The van der Waals surface area contributed by atoms with E-state index in [0.29, 0.717) is 11.7 Å². The largest absolute Gasteiger partial charge is 0.322 e. The van der Waals surface area contributed by atoms with E-state index < -0.39 is 0 Å². The van der Waals surface area contributed by atoms with E-state index in [2.05, 4.69) is 12.2 Å². The van der Waals surface area contributed by atoms with Crippen LogP contribution >= 0.6 is 0 Å². The molecule has 1 heterocycles. The van der Waals surface area contributed by atoms with Crippen molar-refractivity contribution in [1.29, 1.82) is 0 Å². The second kappa shape index (κ2) is 6.04. The molecular weight excluding hydrogens is 243 g/mol. The van der Waals surface area contributed by atoms with E-state index in [-0.39, 0.29) is 11.8 Å². The van der Waals surface area contributed by atoms with Gasteiger partial charge in [0.1, 0.15) is 5.82 Å². The number of carbonyl (C=O) groups excluding carboxylic acids is 1. The quantitative estimate of drug-likeness (QED) is 0.862. The molecule has 0 aliphatic carbocycles. The molecule has 19 heavy (non-hydrogen) atoms. The van der Waals surface area contributed by atoms with E-state index >= 15 is 0 Å². The Morgan fingerprint density at radius 2 is 2.26 bits per heavy atom. The molecule has 1 N–H and O–H groups in total. The number of aryl methyl sites for hydroxylation is 1. The van der Waals surface area contributed by atoms with Crippen LogP contribution in [0, 0.1) is 12.7 Å². The number of nitrogens with zero attached hydrogens (tertiary/aromatic N) is 1. The molecule has 1 aliphatic heterocycles. The third-order valence-corrected chi connectivity index (χ3v) is 3.80. The summed E-state index contributed by atoms with van der Waals surface area (Å²) in [6, 6.07) is 4.65. The Bertz CT molecular complexity index is 461. The Balaban J connectivity index is 2.09. The molecule has 1 atom stereocenters. The van der Waals surface area contributed by atoms with Gasteiger partial charge < -0.3 is 10.2 Å².